The van der Waals surface area contributed by atoms with Gasteiger partial charge in [0.25, 0.3) is 15.6 Å². The second-order valence-corrected chi connectivity index (χ2v) is 30.5. The number of nitrogens with zero attached hydrogens (tertiary/aromatic N) is 6. The first-order valence-electron chi connectivity index (χ1n) is 36.9. The molecule has 0 bridgehead atoms. The van der Waals surface area contributed by atoms with E-state index in [1.807, 2.05) is 30.8 Å². The lowest BCUT2D eigenvalue weighted by Gasteiger charge is -2.37. The van der Waals surface area contributed by atoms with Gasteiger partial charge in [0.05, 0.1) is 53.3 Å². The number of hydrogen-bond acceptors (Lipinski definition) is 22. The maximum atomic E-state index is 15.4. The van der Waals surface area contributed by atoms with Crippen molar-refractivity contribution >= 4 is 97.3 Å². The third-order valence-corrected chi connectivity index (χ3v) is 21.7. The molecular formula is C76H98FN17O16S. The summed E-state index contributed by atoms with van der Waals surface area (Å²) in [5.41, 5.74) is 15.3. The average molecular weight is 1560 g/mol. The molecule has 3 aliphatic heterocycles. The van der Waals surface area contributed by atoms with Crippen LogP contribution in [-0.4, -0.2) is 206 Å². The molecule has 4 aromatic carbocycles. The van der Waals surface area contributed by atoms with E-state index < -0.39 is 143 Å². The van der Waals surface area contributed by atoms with Gasteiger partial charge in [0.15, 0.2) is 6.35 Å². The first kappa shape index (κ1) is 82.8. The van der Waals surface area contributed by atoms with Crippen molar-refractivity contribution in [2.24, 2.45) is 17.4 Å². The van der Waals surface area contributed by atoms with Crippen LogP contribution in [0.1, 0.15) is 124 Å². The molecule has 0 radical (unpaired) electrons. The Morgan fingerprint density at radius 2 is 1.47 bits per heavy atom. The Balaban J connectivity index is 0.650. The number of aromatic nitrogens is 2. The summed E-state index contributed by atoms with van der Waals surface area (Å²) in [5, 5.41) is 43.4. The highest BCUT2D eigenvalue weighted by atomic mass is 32.2. The SMILES string of the molecule is CCCNC(=O)Nc1cccc(S(=O)(=O)Nc2cccc([C@@H](CC(=O)O)NC(O)Nc3ccc(NC(=O)NCCN(C)CCN(C)CCN(C)CC(=O)N[C@@H](CC(N)=O)C(=O)N4CCC[C@H]4C(=O)N[C@H](C(=O)O[C@]4(CC)C(=O)OCc5c4cc4n(c5=O)Cc5c-4nc4cc(F)c(C)c6c4c5[C@@H](N)CC6)C(C)C)cc3)c2)c1. The highest BCUT2D eigenvalue weighted by molar-refractivity contribution is 7.92. The van der Waals surface area contributed by atoms with Crippen molar-refractivity contribution in [3.05, 3.63) is 140 Å². The van der Waals surface area contributed by atoms with Gasteiger partial charge in [-0.25, -0.2) is 37.0 Å². The van der Waals surface area contributed by atoms with Crippen LogP contribution in [0.15, 0.2) is 94.6 Å². The second-order valence-electron chi connectivity index (χ2n) is 28.9. The van der Waals surface area contributed by atoms with Crippen LogP contribution in [0.3, 0.4) is 0 Å². The molecule has 7 atom stereocenters. The number of primary amides is 1. The minimum atomic E-state index is -4.17. The minimum Gasteiger partial charge on any atom is -0.481 e. The summed E-state index contributed by atoms with van der Waals surface area (Å²) >= 11 is 0. The number of rotatable bonds is 35. The number of fused-ring (bicyclic) bond motifs is 5. The minimum absolute atomic E-state index is 0.0689. The quantitative estimate of drug-likeness (QED) is 0.0197. The van der Waals surface area contributed by atoms with Gasteiger partial charge in [-0.15, -0.1) is 0 Å². The number of aliphatic carboxylic acids is 1. The summed E-state index contributed by atoms with van der Waals surface area (Å²) in [7, 11) is 1.34. The molecule has 33 nitrogen and oxygen atoms in total. The van der Waals surface area contributed by atoms with Crippen LogP contribution in [0.4, 0.5) is 36.7 Å². The number of halogens is 1. The second kappa shape index (κ2) is 36.0. The van der Waals surface area contributed by atoms with Gasteiger partial charge < -0.3 is 87.6 Å². The Bertz CT molecular complexity index is 4720. The number of carboxylic acid groups (broad SMARTS) is 1. The molecule has 8 amide bonds. The number of benzene rings is 4. The number of anilines is 4. The van der Waals surface area contributed by atoms with Crippen molar-refractivity contribution in [1.82, 2.24) is 55.7 Å². The molecule has 1 unspecified atom stereocenters. The fraction of sp³-hybridized carbons (Fsp3) is 0.461. The van der Waals surface area contributed by atoms with Gasteiger partial charge in [-0.1, -0.05) is 45.9 Å². The first-order valence-corrected chi connectivity index (χ1v) is 38.4. The number of aliphatic hydroxyl groups is 1. The highest BCUT2D eigenvalue weighted by Gasteiger charge is 2.52. The Morgan fingerprint density at radius 3 is 2.15 bits per heavy atom. The summed E-state index contributed by atoms with van der Waals surface area (Å²) in [5.74, 6) is -7.20. The van der Waals surface area contributed by atoms with E-state index in [9.17, 15) is 66.6 Å². The zero-order valence-corrected chi connectivity index (χ0v) is 64.1. The molecule has 0 saturated carbocycles. The van der Waals surface area contributed by atoms with Crippen molar-refractivity contribution in [3.63, 3.8) is 0 Å². The van der Waals surface area contributed by atoms with Crippen molar-refractivity contribution < 1.29 is 75.6 Å². The molecule has 10 rings (SSSR count). The molecule has 6 aromatic rings. The van der Waals surface area contributed by atoms with Crippen molar-refractivity contribution in [1.29, 1.82) is 0 Å². The lowest BCUT2D eigenvalue weighted by Crippen LogP contribution is -2.58. The van der Waals surface area contributed by atoms with Gasteiger partial charge in [-0.05, 0) is 155 Å². The number of ether oxygens (including phenoxy) is 2. The Labute approximate surface area is 641 Å². The molecule has 1 aliphatic carbocycles. The lowest BCUT2D eigenvalue weighted by atomic mass is 9.82. The Morgan fingerprint density at radius 1 is 0.802 bits per heavy atom. The number of pyridine rings is 2. The van der Waals surface area contributed by atoms with E-state index in [0.29, 0.717) is 116 Å². The first-order chi connectivity index (χ1) is 52.8. The smallest absolute Gasteiger partial charge is 0.355 e. The topological polar surface area (TPSA) is 455 Å². The predicted molar refractivity (Wildman–Crippen MR) is 410 cm³/mol. The van der Waals surface area contributed by atoms with Gasteiger partial charge in [-0.2, -0.15) is 0 Å². The lowest BCUT2D eigenvalue weighted by molar-refractivity contribution is -0.191. The van der Waals surface area contributed by atoms with Gasteiger partial charge in [-0.3, -0.25) is 43.7 Å². The molecule has 5 heterocycles. The van der Waals surface area contributed by atoms with Crippen molar-refractivity contribution in [2.75, 3.05) is 101 Å². The molecule has 1 saturated heterocycles. The maximum Gasteiger partial charge on any atom is 0.355 e. The molecule has 2 aromatic heterocycles. The highest BCUT2D eigenvalue weighted by Crippen LogP contribution is 2.46. The summed E-state index contributed by atoms with van der Waals surface area (Å²) in [4.78, 5) is 147. The van der Waals surface area contributed by atoms with Crippen molar-refractivity contribution in [2.45, 2.75) is 146 Å². The normalized spacial score (nSPS) is 17.4. The van der Waals surface area contributed by atoms with Crippen LogP contribution in [-0.2, 0) is 78.2 Å². The number of nitrogens with one attached hydrogen (secondary N) is 9. The van der Waals surface area contributed by atoms with Gasteiger partial charge in [0.1, 0.15) is 30.5 Å². The van der Waals surface area contributed by atoms with Crippen molar-refractivity contribution in [3.8, 4) is 11.4 Å². The van der Waals surface area contributed by atoms with E-state index in [2.05, 4.69) is 47.3 Å². The number of carboxylic acids is 1. The third-order valence-electron chi connectivity index (χ3n) is 20.3. The predicted octanol–water partition coefficient (Wildman–Crippen LogP) is 3.96. The fourth-order valence-electron chi connectivity index (χ4n) is 14.3. The number of amides is 8. The van der Waals surface area contributed by atoms with E-state index in [0.717, 1.165) is 16.5 Å². The zero-order chi connectivity index (χ0) is 80.3. The number of aryl methyl sites for hydroxylation is 1. The molecule has 35 heteroatoms. The van der Waals surface area contributed by atoms with Crippen LogP contribution in [0, 0.1) is 18.7 Å². The molecule has 15 N–H and O–H groups in total. The number of sulfonamides is 1. The fourth-order valence-corrected chi connectivity index (χ4v) is 15.4. The largest absolute Gasteiger partial charge is 0.481 e. The molecule has 596 valence electrons. The number of likely N-dealkylation sites (N-methyl/N-ethyl adjacent to an activating group) is 3. The summed E-state index contributed by atoms with van der Waals surface area (Å²) in [6.07, 6.45) is -0.407. The van der Waals surface area contributed by atoms with E-state index >= 15 is 4.39 Å². The average Bonchev–Trinajstić information content (AvgIpc) is 1.58. The molecule has 111 heavy (non-hydrogen) atoms. The Hall–Kier alpha value is -10.7. The molecule has 4 aliphatic rings. The number of likely N-dealkylation sites (tertiary alicyclic amines) is 1. The third kappa shape index (κ3) is 19.7. The van der Waals surface area contributed by atoms with Crippen LogP contribution >= 0.6 is 0 Å². The zero-order valence-electron chi connectivity index (χ0n) is 63.3. The van der Waals surface area contributed by atoms with E-state index in [4.69, 9.17) is 25.9 Å². The van der Waals surface area contributed by atoms with Crippen LogP contribution < -0.4 is 64.3 Å². The van der Waals surface area contributed by atoms with Gasteiger partial charge >= 0.3 is 30.0 Å². The van der Waals surface area contributed by atoms with E-state index in [-0.39, 0.29) is 59.9 Å². The van der Waals surface area contributed by atoms with E-state index in [1.54, 1.807) is 82.1 Å². The van der Waals surface area contributed by atoms with E-state index in [1.165, 1.54) is 51.9 Å². The molecule has 1 fully saturated rings. The molecular weight excluding hydrogens is 1460 g/mol. The van der Waals surface area contributed by atoms with Gasteiger partial charge in [0.2, 0.25) is 29.2 Å². The van der Waals surface area contributed by atoms with Gasteiger partial charge in [0, 0.05) is 110 Å². The van der Waals surface area contributed by atoms with Crippen LogP contribution in [0.5, 0.6) is 0 Å². The monoisotopic (exact) mass is 1560 g/mol. The number of cyclic esters (lactones) is 1. The molecule has 0 spiro atoms. The number of esters is 2. The van der Waals surface area contributed by atoms with Crippen LogP contribution in [0.25, 0.3) is 22.3 Å². The number of nitrogens with two attached hydrogens (primary N) is 2. The number of carbonyl (C=O) groups excluding carboxylic acids is 8. The number of carbonyl (C=O) groups is 9. The maximum absolute atomic E-state index is 15.4. The summed E-state index contributed by atoms with van der Waals surface area (Å²) < 4.78 is 58.0. The standard InChI is InChI=1S/C76H98FN17O16S/c1-9-25-80-73(104)84-47-15-12-17-49(34-47)111(107,108)89-48-16-11-14-44(33-48)56(38-63(97)98)87-75(106)83-46-21-19-45(20-22-46)82-74(105)81-26-28-90(6)29-30-91(7)31-32-92(8)40-62(96)85-58(37-61(79)95)70(101)93-27-13-18-59(93)68(99)88-66(42(3)4)71(102)110-76(10-2)53-35-60-67-51(39-94(60)69(100)52(53)41-109-72(76)103)64-55(78)24-23-50-43(5)54(77)36-57(86-67)65(50)64/h11-12,14-17,19-22,33-36,42,55-56,58-59,66,75,83,87,89,106H,9-10,13,18,23-32,37-41,78H2,1-8H3,(H2,79,95)(H,85,96)(H,88,99)(H,97,98)(H2,80,84,104)(H2,81,82,105)/t55-,56+,58-,59-,66-,75?,76-/m0/s1. The van der Waals surface area contributed by atoms with Crippen LogP contribution in [0.2, 0.25) is 0 Å². The summed E-state index contributed by atoms with van der Waals surface area (Å²) in [6.45, 7) is 11.5. The number of aliphatic hydroxyl groups excluding tert-OH is 1. The number of urea groups is 2. The number of hydrogen-bond donors (Lipinski definition) is 13. The summed E-state index contributed by atoms with van der Waals surface area (Å²) in [6, 6.07) is 14.6. The Kier molecular flexibility index (Phi) is 26.8.